The Morgan fingerprint density at radius 2 is 1.73 bits per heavy atom. The topological polar surface area (TPSA) is 43.4 Å². The van der Waals surface area contributed by atoms with Crippen molar-refractivity contribution in [3.63, 3.8) is 0 Å². The summed E-state index contributed by atoms with van der Waals surface area (Å²) in [5.74, 6) is 0.00560. The number of hydrogen-bond acceptors (Lipinski definition) is 3. The molecule has 0 spiro atoms. The zero-order chi connectivity index (χ0) is 20.5. The quantitative estimate of drug-likeness (QED) is 0.307. The van der Waals surface area contributed by atoms with Gasteiger partial charge in [-0.3, -0.25) is 9.59 Å². The van der Waals surface area contributed by atoms with Crippen molar-refractivity contribution in [2.45, 2.75) is 32.3 Å². The van der Waals surface area contributed by atoms with E-state index in [-0.39, 0.29) is 11.8 Å². The fourth-order valence-corrected chi connectivity index (χ4v) is 4.46. The number of Topliss-reactive ketones (excluding diaryl/α,β-unsaturated/α-hetero) is 1. The van der Waals surface area contributed by atoms with Crippen molar-refractivity contribution in [3.8, 4) is 0 Å². The molecule has 3 nitrogen and oxygen atoms in total. The van der Waals surface area contributed by atoms with Gasteiger partial charge in [-0.1, -0.05) is 72.8 Å². The summed E-state index contributed by atoms with van der Waals surface area (Å²) in [6, 6.07) is 24.2. The van der Waals surface area contributed by atoms with Gasteiger partial charge in [-0.25, -0.2) is 0 Å². The molecular weight excluding hydrogens is 372 g/mol. The van der Waals surface area contributed by atoms with E-state index in [1.54, 1.807) is 0 Å². The van der Waals surface area contributed by atoms with Crippen LogP contribution in [0.5, 0.6) is 0 Å². The average molecular weight is 394 g/mol. The van der Waals surface area contributed by atoms with Crippen molar-refractivity contribution >= 4 is 33.3 Å². The van der Waals surface area contributed by atoms with Gasteiger partial charge in [-0.2, -0.15) is 0 Å². The number of esters is 1. The highest BCUT2D eigenvalue weighted by atomic mass is 16.5. The van der Waals surface area contributed by atoms with Crippen molar-refractivity contribution in [1.82, 2.24) is 0 Å². The van der Waals surface area contributed by atoms with Crippen LogP contribution in [0, 0.1) is 0 Å². The molecule has 0 unspecified atom stereocenters. The summed E-state index contributed by atoms with van der Waals surface area (Å²) in [5, 5.41) is 4.57. The number of hydrogen-bond donors (Lipinski definition) is 0. The van der Waals surface area contributed by atoms with E-state index in [9.17, 15) is 9.59 Å². The number of carbonyl (C=O) groups is 2. The van der Waals surface area contributed by atoms with Gasteiger partial charge in [-0.05, 0) is 45.7 Å². The third-order valence-electron chi connectivity index (χ3n) is 5.92. The average Bonchev–Trinajstić information content (AvgIpc) is 2.78. The molecule has 4 aromatic rings. The van der Waals surface area contributed by atoms with Gasteiger partial charge in [0.05, 0.1) is 0 Å². The molecule has 0 saturated carbocycles. The van der Waals surface area contributed by atoms with E-state index in [2.05, 4.69) is 24.3 Å². The molecule has 148 valence electrons. The number of ketones is 1. The first-order chi connectivity index (χ1) is 14.7. The predicted octanol–water partition coefficient (Wildman–Crippen LogP) is 5.80. The molecule has 3 heteroatoms. The Balaban J connectivity index is 1.34. The zero-order valence-corrected chi connectivity index (χ0v) is 16.7. The number of ether oxygens (including phenoxy) is 1. The summed E-state index contributed by atoms with van der Waals surface area (Å²) in [4.78, 5) is 24.8. The largest absolute Gasteiger partial charge is 0.461 e. The molecule has 1 aliphatic carbocycles. The van der Waals surface area contributed by atoms with E-state index in [0.717, 1.165) is 40.3 Å². The van der Waals surface area contributed by atoms with Crippen molar-refractivity contribution < 1.29 is 14.3 Å². The minimum atomic E-state index is -0.177. The van der Waals surface area contributed by atoms with E-state index >= 15 is 0 Å². The molecule has 0 amide bonds. The van der Waals surface area contributed by atoms with Crippen molar-refractivity contribution in [1.29, 1.82) is 0 Å². The van der Waals surface area contributed by atoms with Crippen molar-refractivity contribution in [3.05, 3.63) is 95.1 Å². The van der Waals surface area contributed by atoms with Crippen LogP contribution < -0.4 is 0 Å². The normalized spacial score (nSPS) is 12.6. The van der Waals surface area contributed by atoms with E-state index in [4.69, 9.17) is 4.74 Å². The Kier molecular flexibility index (Phi) is 4.80. The van der Waals surface area contributed by atoms with Gasteiger partial charge in [0, 0.05) is 23.8 Å². The second-order valence-corrected chi connectivity index (χ2v) is 7.88. The molecule has 0 aliphatic heterocycles. The lowest BCUT2D eigenvalue weighted by atomic mass is 9.83. The van der Waals surface area contributed by atoms with Gasteiger partial charge in [0.1, 0.15) is 6.61 Å². The lowest BCUT2D eigenvalue weighted by molar-refractivity contribution is -0.145. The zero-order valence-electron chi connectivity index (χ0n) is 16.7. The second kappa shape index (κ2) is 7.75. The maximum atomic E-state index is 12.7. The maximum absolute atomic E-state index is 12.7. The fraction of sp³-hybridized carbons (Fsp3) is 0.185. The third-order valence-corrected chi connectivity index (χ3v) is 5.92. The Labute approximate surface area is 175 Å². The van der Waals surface area contributed by atoms with Crippen LogP contribution in [0.2, 0.25) is 0 Å². The number of carbonyl (C=O) groups excluding carboxylic acids is 2. The number of rotatable bonds is 6. The van der Waals surface area contributed by atoms with Crippen LogP contribution in [0.25, 0.3) is 21.5 Å². The lowest BCUT2D eigenvalue weighted by Gasteiger charge is -2.19. The first-order valence-corrected chi connectivity index (χ1v) is 10.4. The van der Waals surface area contributed by atoms with Gasteiger partial charge in [-0.15, -0.1) is 0 Å². The van der Waals surface area contributed by atoms with Crippen LogP contribution in [0.3, 0.4) is 0 Å². The summed E-state index contributed by atoms with van der Waals surface area (Å²) < 4.78 is 5.39. The standard InChI is InChI=1S/C27H22O3/c28-24-16-21-10-4-9-20-13-14-22-19(12-15-23(24)27(22)26(20)21)8-5-11-25(29)30-17-18-6-2-1-3-7-18/h1-4,6-7,9-10,12-15H,5,8,11,16-17H2. The van der Waals surface area contributed by atoms with Crippen LogP contribution in [0.15, 0.2) is 72.8 Å². The molecule has 0 atom stereocenters. The molecule has 0 radical (unpaired) electrons. The lowest BCUT2D eigenvalue weighted by Crippen LogP contribution is -2.11. The molecule has 1 aliphatic rings. The highest BCUT2D eigenvalue weighted by Gasteiger charge is 2.22. The Morgan fingerprint density at radius 1 is 0.867 bits per heavy atom. The van der Waals surface area contributed by atoms with Crippen molar-refractivity contribution in [2.24, 2.45) is 0 Å². The minimum absolute atomic E-state index is 0.177. The van der Waals surface area contributed by atoms with Gasteiger partial charge in [0.25, 0.3) is 0 Å². The monoisotopic (exact) mass is 394 g/mol. The van der Waals surface area contributed by atoms with Crippen LogP contribution in [0.1, 0.15) is 39.9 Å². The molecule has 5 rings (SSSR count). The Bertz CT molecular complexity index is 1270. The summed E-state index contributed by atoms with van der Waals surface area (Å²) >= 11 is 0. The SMILES string of the molecule is O=C(CCCc1ccc2c3c1ccc1cccc(c13)CC2=O)OCc1ccccc1. The van der Waals surface area contributed by atoms with Crippen molar-refractivity contribution in [2.75, 3.05) is 0 Å². The van der Waals surface area contributed by atoms with E-state index in [1.807, 2.05) is 48.5 Å². The Hall–Kier alpha value is -3.46. The number of benzene rings is 4. The third kappa shape index (κ3) is 3.37. The number of aryl methyl sites for hydroxylation is 1. The van der Waals surface area contributed by atoms with Crippen LogP contribution in [0.4, 0.5) is 0 Å². The molecule has 0 aromatic heterocycles. The summed E-state index contributed by atoms with van der Waals surface area (Å²) in [5.41, 5.74) is 4.10. The minimum Gasteiger partial charge on any atom is -0.461 e. The maximum Gasteiger partial charge on any atom is 0.306 e. The molecule has 0 fully saturated rings. The molecule has 0 bridgehead atoms. The summed E-state index contributed by atoms with van der Waals surface area (Å²) in [7, 11) is 0. The predicted molar refractivity (Wildman–Crippen MR) is 119 cm³/mol. The molecular formula is C27H22O3. The van der Waals surface area contributed by atoms with E-state index in [1.165, 1.54) is 16.3 Å². The van der Waals surface area contributed by atoms with E-state index in [0.29, 0.717) is 19.4 Å². The summed E-state index contributed by atoms with van der Waals surface area (Å²) in [6.45, 7) is 0.314. The molecule has 0 heterocycles. The van der Waals surface area contributed by atoms with Gasteiger partial charge in [0.2, 0.25) is 0 Å². The smallest absolute Gasteiger partial charge is 0.306 e. The first-order valence-electron chi connectivity index (χ1n) is 10.4. The fourth-order valence-electron chi connectivity index (χ4n) is 4.46. The van der Waals surface area contributed by atoms with Gasteiger partial charge < -0.3 is 4.74 Å². The second-order valence-electron chi connectivity index (χ2n) is 7.88. The summed E-state index contributed by atoms with van der Waals surface area (Å²) in [6.07, 6.45) is 2.35. The van der Waals surface area contributed by atoms with Gasteiger partial charge in [0.15, 0.2) is 5.78 Å². The van der Waals surface area contributed by atoms with Crippen LogP contribution in [-0.4, -0.2) is 11.8 Å². The molecule has 0 saturated heterocycles. The van der Waals surface area contributed by atoms with Gasteiger partial charge >= 0.3 is 5.97 Å². The molecule has 0 N–H and O–H groups in total. The van der Waals surface area contributed by atoms with Crippen LogP contribution in [-0.2, 0) is 29.0 Å². The Morgan fingerprint density at radius 3 is 2.60 bits per heavy atom. The highest BCUT2D eigenvalue weighted by molar-refractivity contribution is 6.23. The van der Waals surface area contributed by atoms with Crippen LogP contribution >= 0.6 is 0 Å². The highest BCUT2D eigenvalue weighted by Crippen LogP contribution is 2.37. The molecule has 30 heavy (non-hydrogen) atoms. The first kappa shape index (κ1) is 18.6. The molecule has 4 aromatic carbocycles. The van der Waals surface area contributed by atoms with E-state index < -0.39 is 0 Å².